The summed E-state index contributed by atoms with van der Waals surface area (Å²) in [6.07, 6.45) is 0. The fourth-order valence-electron chi connectivity index (χ4n) is 9.67. The van der Waals surface area contributed by atoms with Crippen LogP contribution in [0.3, 0.4) is 0 Å². The van der Waals surface area contributed by atoms with E-state index >= 15 is 0 Å². The van der Waals surface area contributed by atoms with Gasteiger partial charge in [-0.1, -0.05) is 188 Å². The predicted octanol–water partition coefficient (Wildman–Crippen LogP) is 16.7. The summed E-state index contributed by atoms with van der Waals surface area (Å²) in [6, 6.07) is 88.5. The smallest absolute Gasteiger partial charge is 0.0547 e. The zero-order valence-corrected chi connectivity index (χ0v) is 34.0. The molecular weight excluding hydrogens is 749 g/mol. The predicted molar refractivity (Wildman–Crippen MR) is 264 cm³/mol. The maximum absolute atomic E-state index is 2.44. The van der Waals surface area contributed by atoms with Gasteiger partial charge in [0.15, 0.2) is 0 Å². The summed E-state index contributed by atoms with van der Waals surface area (Å²) >= 11 is 0. The molecule has 62 heavy (non-hydrogen) atoms. The van der Waals surface area contributed by atoms with Crippen molar-refractivity contribution >= 4 is 71.2 Å². The number of anilines is 3. The van der Waals surface area contributed by atoms with Gasteiger partial charge in [0, 0.05) is 33.1 Å². The Morgan fingerprint density at radius 2 is 0.871 bits per heavy atom. The molecule has 12 rings (SSSR count). The van der Waals surface area contributed by atoms with Gasteiger partial charge < -0.3 is 9.47 Å². The Kier molecular flexibility index (Phi) is 8.53. The third-order valence-corrected chi connectivity index (χ3v) is 12.6. The lowest BCUT2D eigenvalue weighted by molar-refractivity contribution is 1.18. The van der Waals surface area contributed by atoms with Crippen molar-refractivity contribution in [3.63, 3.8) is 0 Å². The number of nitrogens with zero attached hydrogens (tertiary/aromatic N) is 2. The number of hydrogen-bond donors (Lipinski definition) is 0. The lowest BCUT2D eigenvalue weighted by Crippen LogP contribution is -2.12. The number of fused-ring (bicyclic) bond motifs is 6. The van der Waals surface area contributed by atoms with Crippen molar-refractivity contribution in [2.45, 2.75) is 0 Å². The minimum atomic E-state index is 1.09. The van der Waals surface area contributed by atoms with Gasteiger partial charge in [0.2, 0.25) is 0 Å². The van der Waals surface area contributed by atoms with E-state index in [1.807, 2.05) is 0 Å². The van der Waals surface area contributed by atoms with E-state index in [0.29, 0.717) is 0 Å². The second kappa shape index (κ2) is 14.8. The molecule has 0 bridgehead atoms. The molecule has 0 aliphatic carbocycles. The van der Waals surface area contributed by atoms with Crippen molar-refractivity contribution in [2.75, 3.05) is 4.90 Å². The zero-order chi connectivity index (χ0) is 41.0. The molecule has 0 unspecified atom stereocenters. The van der Waals surface area contributed by atoms with Gasteiger partial charge in [0.25, 0.3) is 0 Å². The van der Waals surface area contributed by atoms with E-state index in [4.69, 9.17) is 0 Å². The molecule has 0 spiro atoms. The number of aromatic nitrogens is 1. The molecule has 1 heterocycles. The van der Waals surface area contributed by atoms with E-state index in [-0.39, 0.29) is 0 Å². The van der Waals surface area contributed by atoms with Crippen molar-refractivity contribution in [1.29, 1.82) is 0 Å². The molecule has 1 aromatic heterocycles. The summed E-state index contributed by atoms with van der Waals surface area (Å²) in [5.74, 6) is 0. The first-order valence-electron chi connectivity index (χ1n) is 21.3. The average Bonchev–Trinajstić information content (AvgIpc) is 3.67. The fourth-order valence-corrected chi connectivity index (χ4v) is 9.67. The second-order valence-corrected chi connectivity index (χ2v) is 16.1. The molecule has 2 nitrogen and oxygen atoms in total. The molecule has 0 N–H and O–H groups in total. The minimum Gasteiger partial charge on any atom is -0.309 e. The molecule has 0 atom stereocenters. The summed E-state index contributed by atoms with van der Waals surface area (Å²) in [6.45, 7) is 0. The zero-order valence-electron chi connectivity index (χ0n) is 34.0. The van der Waals surface area contributed by atoms with Crippen LogP contribution in [0.15, 0.2) is 243 Å². The van der Waals surface area contributed by atoms with Crippen LogP contribution >= 0.6 is 0 Å². The molecule has 0 radical (unpaired) electrons. The number of benzene rings is 11. The number of para-hydroxylation sites is 2. The van der Waals surface area contributed by atoms with Gasteiger partial charge in [-0.25, -0.2) is 0 Å². The SMILES string of the molecule is c1ccc(-c2ccccc2N(c2ccc(-c3cccc(-n4c5ccccc5c5cc6ccccc6cc54)c3)cc2)c2ccc(-c3cccc4ccccc34)c3ccccc23)cc1. The highest BCUT2D eigenvalue weighted by Crippen LogP contribution is 2.46. The highest BCUT2D eigenvalue weighted by atomic mass is 15.1. The highest BCUT2D eigenvalue weighted by Gasteiger charge is 2.21. The maximum Gasteiger partial charge on any atom is 0.0547 e. The molecule has 0 saturated carbocycles. The quantitative estimate of drug-likeness (QED) is 0.156. The molecule has 0 amide bonds. The van der Waals surface area contributed by atoms with E-state index < -0.39 is 0 Å². The normalized spacial score (nSPS) is 11.5. The van der Waals surface area contributed by atoms with Crippen LogP contribution in [0, 0.1) is 0 Å². The van der Waals surface area contributed by atoms with Crippen LogP contribution in [0.4, 0.5) is 17.1 Å². The van der Waals surface area contributed by atoms with Gasteiger partial charge >= 0.3 is 0 Å². The maximum atomic E-state index is 2.44. The highest BCUT2D eigenvalue weighted by molar-refractivity contribution is 6.14. The van der Waals surface area contributed by atoms with Crippen LogP contribution in [0.1, 0.15) is 0 Å². The Bertz CT molecular complexity index is 3630. The van der Waals surface area contributed by atoms with E-state index in [2.05, 4.69) is 252 Å². The van der Waals surface area contributed by atoms with Crippen LogP contribution in [0.2, 0.25) is 0 Å². The summed E-state index contributed by atoms with van der Waals surface area (Å²) in [5, 5.41) is 9.93. The largest absolute Gasteiger partial charge is 0.309 e. The van der Waals surface area contributed by atoms with Crippen LogP contribution in [0.25, 0.3) is 93.2 Å². The van der Waals surface area contributed by atoms with Crippen molar-refractivity contribution in [3.05, 3.63) is 243 Å². The Morgan fingerprint density at radius 1 is 0.274 bits per heavy atom. The average molecular weight is 789 g/mol. The summed E-state index contributed by atoms with van der Waals surface area (Å²) in [4.78, 5) is 2.44. The Balaban J connectivity index is 1.01. The van der Waals surface area contributed by atoms with Gasteiger partial charge in [-0.3, -0.25) is 0 Å². The topological polar surface area (TPSA) is 8.17 Å². The number of rotatable bonds is 7. The van der Waals surface area contributed by atoms with Crippen molar-refractivity contribution in [1.82, 2.24) is 4.57 Å². The molecule has 290 valence electrons. The standard InChI is InChI=1S/C60H40N2/c1-2-16-43(17-3-1)50-25-10-12-30-57(50)61(59-37-36-53(52-26-8-9-27-54(52)59)51-29-15-21-42-18-6-7-24-49(42)51)47-34-32-41(33-35-47)44-22-14-23-48(38-44)62-58-31-13-11-28-55(58)56-39-45-19-4-5-20-46(45)40-60(56)62/h1-40H. The second-order valence-electron chi connectivity index (χ2n) is 16.1. The third-order valence-electron chi connectivity index (χ3n) is 12.6. The van der Waals surface area contributed by atoms with Crippen molar-refractivity contribution in [3.8, 4) is 39.1 Å². The Morgan fingerprint density at radius 3 is 1.71 bits per heavy atom. The molecule has 11 aromatic carbocycles. The lowest BCUT2D eigenvalue weighted by Gasteiger charge is -2.29. The lowest BCUT2D eigenvalue weighted by atomic mass is 9.92. The molecule has 0 aliphatic heterocycles. The molecule has 12 aromatic rings. The van der Waals surface area contributed by atoms with Gasteiger partial charge in [0.05, 0.1) is 22.4 Å². The first-order chi connectivity index (χ1) is 30.8. The summed E-state index contributed by atoms with van der Waals surface area (Å²) in [7, 11) is 0. The van der Waals surface area contributed by atoms with Gasteiger partial charge in [-0.15, -0.1) is 0 Å². The molecule has 0 aliphatic rings. The van der Waals surface area contributed by atoms with Crippen LogP contribution in [-0.2, 0) is 0 Å². The first-order valence-corrected chi connectivity index (χ1v) is 21.3. The molecule has 0 saturated heterocycles. The van der Waals surface area contributed by atoms with Crippen LogP contribution in [0.5, 0.6) is 0 Å². The third kappa shape index (κ3) is 5.96. The van der Waals surface area contributed by atoms with E-state index in [1.54, 1.807) is 0 Å². The molecule has 0 fully saturated rings. The van der Waals surface area contributed by atoms with E-state index in [0.717, 1.165) is 28.3 Å². The van der Waals surface area contributed by atoms with Crippen LogP contribution in [-0.4, -0.2) is 4.57 Å². The van der Waals surface area contributed by atoms with Gasteiger partial charge in [0.1, 0.15) is 0 Å². The minimum absolute atomic E-state index is 1.09. The Hall–Kier alpha value is -8.20. The van der Waals surface area contributed by atoms with Crippen LogP contribution < -0.4 is 4.90 Å². The van der Waals surface area contributed by atoms with Crippen molar-refractivity contribution in [2.24, 2.45) is 0 Å². The summed E-state index contributed by atoms with van der Waals surface area (Å²) < 4.78 is 2.42. The molecule has 2 heteroatoms. The molecular formula is C60H40N2. The van der Waals surface area contributed by atoms with Gasteiger partial charge in [-0.05, 0) is 109 Å². The monoisotopic (exact) mass is 788 g/mol. The van der Waals surface area contributed by atoms with E-state index in [1.165, 1.54) is 81.9 Å². The Labute approximate surface area is 360 Å². The summed E-state index contributed by atoms with van der Waals surface area (Å²) in [5.41, 5.74) is 14.0. The van der Waals surface area contributed by atoms with Gasteiger partial charge in [-0.2, -0.15) is 0 Å². The van der Waals surface area contributed by atoms with E-state index in [9.17, 15) is 0 Å². The fraction of sp³-hybridized carbons (Fsp3) is 0. The van der Waals surface area contributed by atoms with Crippen molar-refractivity contribution < 1.29 is 0 Å². The number of hydrogen-bond acceptors (Lipinski definition) is 1. The first kappa shape index (κ1) is 35.7.